The van der Waals surface area contributed by atoms with Crippen LogP contribution in [0.1, 0.15) is 27.7 Å². The zero-order valence-electron chi connectivity index (χ0n) is 21.9. The Balaban J connectivity index is 1.58. The van der Waals surface area contributed by atoms with Crippen molar-refractivity contribution < 1.29 is 14.3 Å². The van der Waals surface area contributed by atoms with Crippen molar-refractivity contribution in [1.82, 2.24) is 24.4 Å². The van der Waals surface area contributed by atoms with Crippen LogP contribution < -0.4 is 9.64 Å². The lowest BCUT2D eigenvalue weighted by atomic mass is 10.1. The second-order valence-corrected chi connectivity index (χ2v) is 10.2. The van der Waals surface area contributed by atoms with Gasteiger partial charge in [-0.2, -0.15) is 0 Å². The van der Waals surface area contributed by atoms with Gasteiger partial charge in [0.15, 0.2) is 5.65 Å². The Bertz CT molecular complexity index is 1410. The molecule has 1 atom stereocenters. The topological polar surface area (TPSA) is 85.6 Å². The van der Waals surface area contributed by atoms with E-state index in [1.54, 1.807) is 24.5 Å². The van der Waals surface area contributed by atoms with Gasteiger partial charge in [0.1, 0.15) is 23.5 Å². The number of fused-ring (bicyclic) bond motifs is 1. The molecule has 1 saturated heterocycles. The number of hydrogen-bond acceptors (Lipinski definition) is 7. The fourth-order valence-corrected chi connectivity index (χ4v) is 4.73. The predicted molar refractivity (Wildman–Crippen MR) is 143 cm³/mol. The predicted octanol–water partition coefficient (Wildman–Crippen LogP) is 4.94. The highest BCUT2D eigenvalue weighted by Gasteiger charge is 2.32. The van der Waals surface area contributed by atoms with Crippen LogP contribution in [0, 0.1) is 0 Å². The first-order valence-corrected chi connectivity index (χ1v) is 12.4. The second kappa shape index (κ2) is 9.72. The number of methoxy groups -OCH3 is 1. The maximum atomic E-state index is 12.7. The molecule has 3 aromatic heterocycles. The number of carbonyl (C=O) groups excluding carboxylic acids is 1. The van der Waals surface area contributed by atoms with E-state index in [9.17, 15) is 4.79 Å². The van der Waals surface area contributed by atoms with Gasteiger partial charge in [0, 0.05) is 61.5 Å². The molecular weight excluding hydrogens is 468 g/mol. The highest BCUT2D eigenvalue weighted by Crippen LogP contribution is 2.38. The van der Waals surface area contributed by atoms with Crippen molar-refractivity contribution in [2.75, 3.05) is 31.6 Å². The van der Waals surface area contributed by atoms with Crippen LogP contribution in [0.4, 0.5) is 10.6 Å². The third-order valence-electron chi connectivity index (χ3n) is 6.42. The van der Waals surface area contributed by atoms with E-state index < -0.39 is 5.60 Å². The first kappa shape index (κ1) is 24.5. The summed E-state index contributed by atoms with van der Waals surface area (Å²) in [5.74, 6) is 1.60. The van der Waals surface area contributed by atoms with E-state index >= 15 is 0 Å². The van der Waals surface area contributed by atoms with Crippen molar-refractivity contribution in [3.8, 4) is 22.6 Å². The van der Waals surface area contributed by atoms with Crippen LogP contribution in [-0.2, 0) is 4.74 Å². The minimum Gasteiger partial charge on any atom is -0.497 e. The highest BCUT2D eigenvalue weighted by molar-refractivity contribution is 6.02. The summed E-state index contributed by atoms with van der Waals surface area (Å²) in [4.78, 5) is 30.5. The molecular formula is C28H32N6O3. The smallest absolute Gasteiger partial charge is 0.410 e. The molecule has 0 spiro atoms. The Hall–Kier alpha value is -4.14. The van der Waals surface area contributed by atoms with Gasteiger partial charge in [-0.25, -0.2) is 14.8 Å². The van der Waals surface area contributed by atoms with Gasteiger partial charge in [-0.15, -0.1) is 0 Å². The molecule has 0 saturated carbocycles. The van der Waals surface area contributed by atoms with Crippen LogP contribution in [0.5, 0.6) is 5.75 Å². The minimum absolute atomic E-state index is 0.0290. The number of rotatable bonds is 4. The van der Waals surface area contributed by atoms with Gasteiger partial charge in [-0.3, -0.25) is 4.98 Å². The number of carbonyl (C=O) groups is 1. The number of pyridine rings is 1. The molecule has 1 aliphatic heterocycles. The number of ether oxygens (including phenoxy) is 2. The molecule has 9 heteroatoms. The van der Waals surface area contributed by atoms with E-state index in [1.165, 1.54) is 0 Å². The lowest BCUT2D eigenvalue weighted by Gasteiger charge is -2.41. The number of amides is 1. The number of aromatic nitrogens is 4. The molecule has 1 fully saturated rings. The van der Waals surface area contributed by atoms with E-state index in [0.717, 1.165) is 39.4 Å². The van der Waals surface area contributed by atoms with Crippen molar-refractivity contribution in [2.45, 2.75) is 39.3 Å². The molecule has 192 valence electrons. The maximum Gasteiger partial charge on any atom is 0.410 e. The lowest BCUT2D eigenvalue weighted by Crippen LogP contribution is -2.54. The Kier molecular flexibility index (Phi) is 6.45. The van der Waals surface area contributed by atoms with Crippen LogP contribution >= 0.6 is 0 Å². The highest BCUT2D eigenvalue weighted by atomic mass is 16.6. The van der Waals surface area contributed by atoms with Crippen LogP contribution in [-0.4, -0.2) is 68.9 Å². The van der Waals surface area contributed by atoms with E-state index in [4.69, 9.17) is 19.4 Å². The maximum absolute atomic E-state index is 12.7. The van der Waals surface area contributed by atoms with Gasteiger partial charge < -0.3 is 23.8 Å². The molecule has 37 heavy (non-hydrogen) atoms. The fraction of sp³-hybridized carbons (Fsp3) is 0.357. The zero-order valence-corrected chi connectivity index (χ0v) is 21.9. The zero-order chi connectivity index (χ0) is 26.2. The Morgan fingerprint density at radius 3 is 2.65 bits per heavy atom. The molecule has 4 aromatic rings. The van der Waals surface area contributed by atoms with Crippen molar-refractivity contribution in [3.63, 3.8) is 0 Å². The SMILES string of the molecule is COc1cccc(-n2cc(-c3cccnc3)c3c(N4CCN(C(=O)OC(C)(C)C)C[C@@H]4C)ncnc32)c1. The van der Waals surface area contributed by atoms with Gasteiger partial charge in [0.05, 0.1) is 18.2 Å². The summed E-state index contributed by atoms with van der Waals surface area (Å²) < 4.78 is 13.1. The molecule has 1 aromatic carbocycles. The van der Waals surface area contributed by atoms with E-state index in [-0.39, 0.29) is 12.1 Å². The Morgan fingerprint density at radius 1 is 1.11 bits per heavy atom. The molecule has 0 unspecified atom stereocenters. The number of anilines is 1. The molecule has 5 rings (SSSR count). The molecule has 4 heterocycles. The molecule has 0 bridgehead atoms. The summed E-state index contributed by atoms with van der Waals surface area (Å²) in [5.41, 5.74) is 3.16. The van der Waals surface area contributed by atoms with Crippen LogP contribution in [0.15, 0.2) is 61.3 Å². The quantitative estimate of drug-likeness (QED) is 0.392. The monoisotopic (exact) mass is 500 g/mol. The van der Waals surface area contributed by atoms with Crippen molar-refractivity contribution in [3.05, 3.63) is 61.3 Å². The van der Waals surface area contributed by atoms with Gasteiger partial charge in [0.2, 0.25) is 0 Å². The molecule has 9 nitrogen and oxygen atoms in total. The van der Waals surface area contributed by atoms with Crippen LogP contribution in [0.3, 0.4) is 0 Å². The third kappa shape index (κ3) is 4.94. The van der Waals surface area contributed by atoms with Gasteiger partial charge in [0.25, 0.3) is 0 Å². The summed E-state index contributed by atoms with van der Waals surface area (Å²) in [6, 6.07) is 11.9. The number of benzene rings is 1. The summed E-state index contributed by atoms with van der Waals surface area (Å²) >= 11 is 0. The first-order chi connectivity index (χ1) is 17.7. The Morgan fingerprint density at radius 2 is 1.95 bits per heavy atom. The number of hydrogen-bond donors (Lipinski definition) is 0. The summed E-state index contributed by atoms with van der Waals surface area (Å²) in [6.07, 6.45) is 7.02. The molecule has 1 aliphatic rings. The third-order valence-corrected chi connectivity index (χ3v) is 6.42. The minimum atomic E-state index is -0.530. The van der Waals surface area contributed by atoms with Gasteiger partial charge >= 0.3 is 6.09 Å². The average Bonchev–Trinajstić information content (AvgIpc) is 3.28. The second-order valence-electron chi connectivity index (χ2n) is 10.2. The average molecular weight is 501 g/mol. The largest absolute Gasteiger partial charge is 0.497 e. The lowest BCUT2D eigenvalue weighted by molar-refractivity contribution is 0.0218. The fourth-order valence-electron chi connectivity index (χ4n) is 4.73. The number of nitrogens with zero attached hydrogens (tertiary/aromatic N) is 6. The van der Waals surface area contributed by atoms with Crippen LogP contribution in [0.25, 0.3) is 27.8 Å². The summed E-state index contributed by atoms with van der Waals surface area (Å²) in [6.45, 7) is 9.47. The first-order valence-electron chi connectivity index (χ1n) is 12.4. The molecule has 1 amide bonds. The normalized spacial score (nSPS) is 16.2. The van der Waals surface area contributed by atoms with Crippen molar-refractivity contribution >= 4 is 22.9 Å². The Labute approximate surface area is 216 Å². The van der Waals surface area contributed by atoms with E-state index in [1.807, 2.05) is 63.4 Å². The standard InChI is InChI=1S/C28H32N6O3/c1-19-16-32(27(35)37-28(2,3)4)12-13-33(19)25-24-23(20-8-7-11-29-15-20)17-34(26(24)31-18-30-25)21-9-6-10-22(14-21)36-5/h6-11,14-15,17-19H,12-13,16H2,1-5H3/t19-/m0/s1. The van der Waals surface area contributed by atoms with Gasteiger partial charge in [-0.1, -0.05) is 12.1 Å². The molecule has 0 aliphatic carbocycles. The van der Waals surface area contributed by atoms with E-state index in [0.29, 0.717) is 19.6 Å². The molecule has 0 N–H and O–H groups in total. The summed E-state index contributed by atoms with van der Waals surface area (Å²) in [5, 5.41) is 0.941. The molecule has 0 radical (unpaired) electrons. The van der Waals surface area contributed by atoms with E-state index in [2.05, 4.69) is 27.6 Å². The van der Waals surface area contributed by atoms with Crippen LogP contribution in [0.2, 0.25) is 0 Å². The van der Waals surface area contributed by atoms with Crippen molar-refractivity contribution in [1.29, 1.82) is 0 Å². The van der Waals surface area contributed by atoms with Crippen molar-refractivity contribution in [2.24, 2.45) is 0 Å². The summed E-state index contributed by atoms with van der Waals surface area (Å²) in [7, 11) is 1.66. The number of piperazine rings is 1. The van der Waals surface area contributed by atoms with Gasteiger partial charge in [-0.05, 0) is 45.9 Å².